The van der Waals surface area contributed by atoms with Crippen molar-refractivity contribution in [3.8, 4) is 0 Å². The van der Waals surface area contributed by atoms with Crippen molar-refractivity contribution in [2.24, 2.45) is 0 Å². The van der Waals surface area contributed by atoms with Crippen LogP contribution < -0.4 is 0 Å². The first-order valence-electron chi connectivity index (χ1n) is 3.63. The van der Waals surface area contributed by atoms with E-state index in [9.17, 15) is 4.39 Å². The molecule has 1 aliphatic carbocycles. The Hall–Kier alpha value is -0.560. The summed E-state index contributed by atoms with van der Waals surface area (Å²) >= 11 is 5.48. The fraction of sp³-hybridized carbons (Fsp3) is 0.333. The van der Waals surface area contributed by atoms with Crippen LogP contribution in [0.2, 0.25) is 0 Å². The first-order chi connectivity index (χ1) is 5.20. The topological polar surface area (TPSA) is 0 Å². The van der Waals surface area contributed by atoms with E-state index in [0.29, 0.717) is 6.42 Å². The van der Waals surface area contributed by atoms with Gasteiger partial charge >= 0.3 is 0 Å². The molecule has 0 amide bonds. The molecule has 58 valence electrons. The third-order valence-electron chi connectivity index (χ3n) is 2.03. The maximum absolute atomic E-state index is 12.9. The van der Waals surface area contributed by atoms with Gasteiger partial charge in [-0.2, -0.15) is 0 Å². The highest BCUT2D eigenvalue weighted by Crippen LogP contribution is 2.57. The fourth-order valence-electron chi connectivity index (χ4n) is 1.26. The van der Waals surface area contributed by atoms with E-state index in [2.05, 4.69) is 0 Å². The maximum atomic E-state index is 12.9. The number of hydrogen-bond acceptors (Lipinski definition) is 0. The lowest BCUT2D eigenvalue weighted by molar-refractivity contribution is 0.416. The molecule has 0 saturated heterocycles. The predicted octanol–water partition coefficient (Wildman–Crippen LogP) is 3.08. The number of rotatable bonds is 1. The number of halogens is 2. The molecule has 2 heteroatoms. The predicted molar refractivity (Wildman–Crippen MR) is 43.5 cm³/mol. The molecule has 0 bridgehead atoms. The Morgan fingerprint density at radius 1 is 1.36 bits per heavy atom. The number of benzene rings is 1. The minimum Gasteiger partial charge on any atom is -0.226 e. The Kier molecular flexibility index (Phi) is 1.43. The number of hydrogen-bond donors (Lipinski definition) is 0. The largest absolute Gasteiger partial charge is 0.226 e. The Labute approximate surface area is 70.0 Å². The van der Waals surface area contributed by atoms with Crippen LogP contribution in [0.1, 0.15) is 17.9 Å². The van der Waals surface area contributed by atoms with E-state index in [4.69, 9.17) is 11.6 Å². The average molecular weight is 171 g/mol. The highest BCUT2D eigenvalue weighted by molar-refractivity contribution is 6.25. The molecule has 0 radical (unpaired) electrons. The van der Waals surface area contributed by atoms with E-state index in [-0.39, 0.29) is 5.92 Å². The van der Waals surface area contributed by atoms with Crippen molar-refractivity contribution in [1.82, 2.24) is 0 Å². The zero-order valence-electron chi connectivity index (χ0n) is 5.93. The van der Waals surface area contributed by atoms with Crippen molar-refractivity contribution in [2.75, 3.05) is 0 Å². The van der Waals surface area contributed by atoms with Crippen molar-refractivity contribution < 1.29 is 4.39 Å². The second-order valence-electron chi connectivity index (χ2n) is 2.93. The zero-order valence-corrected chi connectivity index (χ0v) is 6.68. The summed E-state index contributed by atoms with van der Waals surface area (Å²) in [7, 11) is 0. The van der Waals surface area contributed by atoms with Crippen molar-refractivity contribution in [3.05, 3.63) is 35.9 Å². The van der Waals surface area contributed by atoms with Crippen LogP contribution in [0.3, 0.4) is 0 Å². The second-order valence-corrected chi connectivity index (χ2v) is 3.56. The van der Waals surface area contributed by atoms with Crippen LogP contribution in [0.4, 0.5) is 4.39 Å². The molecule has 2 rings (SSSR count). The third-order valence-corrected chi connectivity index (χ3v) is 2.45. The molecule has 2 atom stereocenters. The van der Waals surface area contributed by atoms with E-state index in [1.165, 1.54) is 0 Å². The Bertz CT molecular complexity index is 256. The van der Waals surface area contributed by atoms with E-state index in [1.54, 1.807) is 0 Å². The lowest BCUT2D eigenvalue weighted by Gasteiger charge is -1.97. The minimum absolute atomic E-state index is 0.0784. The van der Waals surface area contributed by atoms with Gasteiger partial charge in [0.25, 0.3) is 0 Å². The van der Waals surface area contributed by atoms with Gasteiger partial charge in [-0.3, -0.25) is 0 Å². The van der Waals surface area contributed by atoms with Gasteiger partial charge in [-0.1, -0.05) is 41.9 Å². The van der Waals surface area contributed by atoms with Gasteiger partial charge in [0.1, 0.15) is 0 Å². The summed E-state index contributed by atoms with van der Waals surface area (Å²) in [5, 5.41) is -1.46. The van der Waals surface area contributed by atoms with E-state index in [1.807, 2.05) is 30.3 Å². The van der Waals surface area contributed by atoms with Crippen LogP contribution in [0.15, 0.2) is 30.3 Å². The Morgan fingerprint density at radius 3 is 2.36 bits per heavy atom. The van der Waals surface area contributed by atoms with E-state index in [0.717, 1.165) is 5.56 Å². The molecular formula is C9H8ClF. The van der Waals surface area contributed by atoms with Gasteiger partial charge in [0, 0.05) is 12.3 Å². The summed E-state index contributed by atoms with van der Waals surface area (Å²) in [5.74, 6) is -0.0784. The molecule has 2 unspecified atom stereocenters. The molecule has 1 aromatic rings. The molecule has 0 heterocycles. The van der Waals surface area contributed by atoms with Gasteiger partial charge in [0.05, 0.1) is 0 Å². The molecule has 0 aliphatic heterocycles. The van der Waals surface area contributed by atoms with Crippen LogP contribution in [-0.2, 0) is 0 Å². The van der Waals surface area contributed by atoms with Crippen molar-refractivity contribution >= 4 is 11.6 Å². The van der Waals surface area contributed by atoms with Crippen molar-refractivity contribution in [1.29, 1.82) is 0 Å². The monoisotopic (exact) mass is 170 g/mol. The summed E-state index contributed by atoms with van der Waals surface area (Å²) in [6, 6.07) is 9.55. The van der Waals surface area contributed by atoms with Crippen LogP contribution in [0.5, 0.6) is 0 Å². The molecule has 0 aromatic heterocycles. The minimum atomic E-state index is -1.46. The average Bonchev–Trinajstić information content (AvgIpc) is 2.62. The second kappa shape index (κ2) is 2.21. The van der Waals surface area contributed by atoms with Gasteiger partial charge in [0.2, 0.25) is 0 Å². The van der Waals surface area contributed by atoms with Crippen LogP contribution in [-0.4, -0.2) is 5.13 Å². The molecule has 1 aromatic carbocycles. The number of alkyl halides is 2. The van der Waals surface area contributed by atoms with Crippen molar-refractivity contribution in [3.63, 3.8) is 0 Å². The summed E-state index contributed by atoms with van der Waals surface area (Å²) in [5.41, 5.74) is 1.00. The molecule has 11 heavy (non-hydrogen) atoms. The standard InChI is InChI=1S/C9H8ClF/c10-9(11)6-8(9)7-4-2-1-3-5-7/h1-5,8H,6H2. The molecule has 1 aliphatic rings. The Morgan fingerprint density at radius 2 is 1.91 bits per heavy atom. The molecule has 1 saturated carbocycles. The van der Waals surface area contributed by atoms with Crippen LogP contribution in [0.25, 0.3) is 0 Å². The molecule has 0 spiro atoms. The molecular weight excluding hydrogens is 163 g/mol. The first kappa shape index (κ1) is 7.11. The molecule has 1 fully saturated rings. The fourth-order valence-corrected chi connectivity index (χ4v) is 1.54. The summed E-state index contributed by atoms with van der Waals surface area (Å²) in [6.45, 7) is 0. The third kappa shape index (κ3) is 1.25. The highest BCUT2D eigenvalue weighted by Gasteiger charge is 2.54. The maximum Gasteiger partial charge on any atom is 0.191 e. The van der Waals surface area contributed by atoms with Crippen LogP contribution >= 0.6 is 11.6 Å². The summed E-state index contributed by atoms with van der Waals surface area (Å²) in [4.78, 5) is 0. The summed E-state index contributed by atoms with van der Waals surface area (Å²) in [6.07, 6.45) is 0.457. The van der Waals surface area contributed by atoms with Crippen LogP contribution in [0, 0.1) is 0 Å². The molecule has 0 nitrogen and oxygen atoms in total. The zero-order chi connectivity index (χ0) is 7.90. The first-order valence-corrected chi connectivity index (χ1v) is 4.01. The smallest absolute Gasteiger partial charge is 0.191 e. The van der Waals surface area contributed by atoms with Gasteiger partial charge in [-0.15, -0.1) is 0 Å². The van der Waals surface area contributed by atoms with E-state index < -0.39 is 5.13 Å². The lowest BCUT2D eigenvalue weighted by atomic mass is 10.1. The SMILES string of the molecule is FC1(Cl)CC1c1ccccc1. The normalized spacial score (nSPS) is 35.3. The van der Waals surface area contributed by atoms with Gasteiger partial charge < -0.3 is 0 Å². The van der Waals surface area contributed by atoms with Crippen molar-refractivity contribution in [2.45, 2.75) is 17.5 Å². The lowest BCUT2D eigenvalue weighted by Crippen LogP contribution is -1.89. The van der Waals surface area contributed by atoms with Gasteiger partial charge in [-0.05, 0) is 5.56 Å². The quantitative estimate of drug-likeness (QED) is 0.569. The van der Waals surface area contributed by atoms with Gasteiger partial charge in [0.15, 0.2) is 5.13 Å². The Balaban J connectivity index is 2.21. The highest BCUT2D eigenvalue weighted by atomic mass is 35.5. The summed E-state index contributed by atoms with van der Waals surface area (Å²) < 4.78 is 12.9. The van der Waals surface area contributed by atoms with E-state index >= 15 is 0 Å². The molecule has 0 N–H and O–H groups in total. The van der Waals surface area contributed by atoms with Gasteiger partial charge in [-0.25, -0.2) is 4.39 Å².